The lowest BCUT2D eigenvalue weighted by molar-refractivity contribution is -0.145. The molecule has 0 saturated heterocycles. The lowest BCUT2D eigenvalue weighted by Gasteiger charge is -2.13. The van der Waals surface area contributed by atoms with E-state index in [-0.39, 0.29) is 18.6 Å². The molecule has 0 amide bonds. The molecular formula is C11H15ClNO3P. The second-order valence-electron chi connectivity index (χ2n) is 3.52. The average molecular weight is 276 g/mol. The van der Waals surface area contributed by atoms with E-state index >= 15 is 0 Å². The van der Waals surface area contributed by atoms with E-state index < -0.39 is 7.65 Å². The molecule has 17 heavy (non-hydrogen) atoms. The minimum atomic E-state index is -1.39. The molecular weight excluding hydrogens is 261 g/mol. The van der Waals surface area contributed by atoms with E-state index in [9.17, 15) is 4.79 Å². The summed E-state index contributed by atoms with van der Waals surface area (Å²) in [6.07, 6.45) is -0.124. The second kappa shape index (κ2) is 7.49. The number of ether oxygens (including phenoxy) is 1. The summed E-state index contributed by atoms with van der Waals surface area (Å²) in [7, 11) is -1.39. The number of nitrogens with one attached hydrogen (secondary N) is 1. The third-order valence-corrected chi connectivity index (χ3v) is 2.99. The maximum Gasteiger partial charge on any atom is 0.320 e. The largest absolute Gasteiger partial charge is 0.462 e. The van der Waals surface area contributed by atoms with Gasteiger partial charge in [0.05, 0.1) is 6.10 Å². The number of esters is 1. The molecule has 0 saturated carbocycles. The molecule has 1 rings (SSSR count). The van der Waals surface area contributed by atoms with Crippen LogP contribution in [0.1, 0.15) is 13.8 Å². The van der Waals surface area contributed by atoms with Crippen LogP contribution in [-0.4, -0.2) is 18.6 Å². The van der Waals surface area contributed by atoms with Gasteiger partial charge in [-0.2, -0.15) is 0 Å². The molecule has 0 aliphatic heterocycles. The number of benzene rings is 1. The van der Waals surface area contributed by atoms with Crippen LogP contribution in [0.4, 0.5) is 0 Å². The first-order valence-corrected chi connectivity index (χ1v) is 7.36. The molecule has 0 heterocycles. The van der Waals surface area contributed by atoms with Gasteiger partial charge in [-0.15, -0.1) is 0 Å². The average Bonchev–Trinajstić information content (AvgIpc) is 2.27. The lowest BCUT2D eigenvalue weighted by atomic mass is 10.3. The number of carbonyl (C=O) groups excluding carboxylic acids is 1. The zero-order valence-electron chi connectivity index (χ0n) is 9.72. The second-order valence-corrected chi connectivity index (χ2v) is 5.43. The van der Waals surface area contributed by atoms with Crippen molar-refractivity contribution in [1.29, 1.82) is 0 Å². The van der Waals surface area contributed by atoms with Gasteiger partial charge in [0, 0.05) is 0 Å². The fourth-order valence-electron chi connectivity index (χ4n) is 1.04. The highest BCUT2D eigenvalue weighted by atomic mass is 35.7. The van der Waals surface area contributed by atoms with E-state index in [1.54, 1.807) is 26.0 Å². The van der Waals surface area contributed by atoms with Crippen molar-refractivity contribution < 1.29 is 14.1 Å². The van der Waals surface area contributed by atoms with Gasteiger partial charge < -0.3 is 9.26 Å². The maximum absolute atomic E-state index is 11.2. The van der Waals surface area contributed by atoms with Crippen LogP contribution < -0.4 is 9.61 Å². The highest BCUT2D eigenvalue weighted by Gasteiger charge is 2.11. The molecule has 0 aromatic heterocycles. The molecule has 0 aliphatic rings. The summed E-state index contributed by atoms with van der Waals surface area (Å²) in [6, 6.07) is 9.18. The molecule has 1 N–H and O–H groups in total. The minimum Gasteiger partial charge on any atom is -0.462 e. The van der Waals surface area contributed by atoms with E-state index in [2.05, 4.69) is 5.09 Å². The van der Waals surface area contributed by atoms with Gasteiger partial charge in [-0.05, 0) is 37.2 Å². The molecule has 6 heteroatoms. The first kappa shape index (κ1) is 14.2. The number of rotatable bonds is 6. The molecule has 0 bridgehead atoms. The summed E-state index contributed by atoms with van der Waals surface area (Å²) in [5.41, 5.74) is 0. The predicted molar refractivity (Wildman–Crippen MR) is 69.1 cm³/mol. The predicted octanol–water partition coefficient (Wildman–Crippen LogP) is 3.07. The number of para-hydroxylation sites is 1. The van der Waals surface area contributed by atoms with Gasteiger partial charge in [0.2, 0.25) is 0 Å². The summed E-state index contributed by atoms with van der Waals surface area (Å²) in [6.45, 7) is 3.63. The third kappa shape index (κ3) is 6.47. The van der Waals surface area contributed by atoms with Crippen LogP contribution in [0.2, 0.25) is 0 Å². The third-order valence-electron chi connectivity index (χ3n) is 1.64. The Morgan fingerprint density at radius 3 is 2.65 bits per heavy atom. The Morgan fingerprint density at radius 2 is 2.06 bits per heavy atom. The molecule has 4 nitrogen and oxygen atoms in total. The smallest absolute Gasteiger partial charge is 0.320 e. The van der Waals surface area contributed by atoms with E-state index in [0.717, 1.165) is 0 Å². The number of carbonyl (C=O) groups is 1. The Morgan fingerprint density at radius 1 is 1.41 bits per heavy atom. The van der Waals surface area contributed by atoms with Crippen molar-refractivity contribution in [1.82, 2.24) is 5.09 Å². The Labute approximate surface area is 107 Å². The van der Waals surface area contributed by atoms with Crippen LogP contribution in [0.15, 0.2) is 30.3 Å². The first-order chi connectivity index (χ1) is 8.08. The van der Waals surface area contributed by atoms with Crippen molar-refractivity contribution in [2.45, 2.75) is 20.0 Å². The van der Waals surface area contributed by atoms with Crippen LogP contribution in [0.3, 0.4) is 0 Å². The van der Waals surface area contributed by atoms with Crippen molar-refractivity contribution in [2.24, 2.45) is 0 Å². The van der Waals surface area contributed by atoms with Crippen LogP contribution in [0.5, 0.6) is 5.75 Å². The molecule has 1 aromatic rings. The molecule has 0 fully saturated rings. The van der Waals surface area contributed by atoms with E-state index in [0.29, 0.717) is 5.75 Å². The summed E-state index contributed by atoms with van der Waals surface area (Å²) in [4.78, 5) is 11.2. The number of hydrogen-bond donors (Lipinski definition) is 1. The Bertz CT molecular complexity index is 348. The van der Waals surface area contributed by atoms with Gasteiger partial charge in [-0.25, -0.2) is 5.09 Å². The van der Waals surface area contributed by atoms with E-state index in [1.807, 2.05) is 18.2 Å². The van der Waals surface area contributed by atoms with E-state index in [4.69, 9.17) is 20.5 Å². The molecule has 94 valence electrons. The first-order valence-electron chi connectivity index (χ1n) is 5.20. The summed E-state index contributed by atoms with van der Waals surface area (Å²) < 4.78 is 10.3. The lowest BCUT2D eigenvalue weighted by Crippen LogP contribution is -2.23. The van der Waals surface area contributed by atoms with Gasteiger partial charge >= 0.3 is 5.97 Å². The minimum absolute atomic E-state index is 0.0419. The zero-order valence-corrected chi connectivity index (χ0v) is 11.4. The Balaban J connectivity index is 2.26. The summed E-state index contributed by atoms with van der Waals surface area (Å²) in [5, 5.41) is 2.77. The van der Waals surface area contributed by atoms with E-state index in [1.165, 1.54) is 0 Å². The monoisotopic (exact) mass is 275 g/mol. The van der Waals surface area contributed by atoms with Gasteiger partial charge in [0.1, 0.15) is 12.3 Å². The fourth-order valence-corrected chi connectivity index (χ4v) is 2.08. The van der Waals surface area contributed by atoms with Gasteiger partial charge in [0.15, 0.2) is 0 Å². The standard InChI is InChI=1S/C11H15ClNO3P/c1-9(2)15-11(14)8-13-17(12)16-10-6-4-3-5-7-10/h3-7,9,13H,8H2,1-2H3. The zero-order chi connectivity index (χ0) is 12.7. The molecule has 1 aromatic carbocycles. The quantitative estimate of drug-likeness (QED) is 0.640. The Kier molecular flexibility index (Phi) is 6.27. The molecule has 1 atom stereocenters. The topological polar surface area (TPSA) is 47.6 Å². The molecule has 1 unspecified atom stereocenters. The SMILES string of the molecule is CC(C)OC(=O)CNP(Cl)Oc1ccccc1. The van der Waals surface area contributed by atoms with Crippen LogP contribution in [0.25, 0.3) is 0 Å². The molecule has 0 spiro atoms. The van der Waals surface area contributed by atoms with Crippen molar-refractivity contribution >= 4 is 24.9 Å². The molecule has 0 aliphatic carbocycles. The van der Waals surface area contributed by atoms with Crippen molar-refractivity contribution in [3.05, 3.63) is 30.3 Å². The van der Waals surface area contributed by atoms with Crippen LogP contribution in [-0.2, 0) is 9.53 Å². The highest BCUT2D eigenvalue weighted by Crippen LogP contribution is 2.38. The number of halogens is 1. The summed E-state index contributed by atoms with van der Waals surface area (Å²) in [5.74, 6) is 0.322. The highest BCUT2D eigenvalue weighted by molar-refractivity contribution is 7.78. The van der Waals surface area contributed by atoms with Gasteiger partial charge in [0.25, 0.3) is 7.65 Å². The van der Waals surface area contributed by atoms with Crippen molar-refractivity contribution in [3.63, 3.8) is 0 Å². The maximum atomic E-state index is 11.2. The Hall–Kier alpha value is -0.830. The number of hydrogen-bond acceptors (Lipinski definition) is 4. The molecule has 0 radical (unpaired) electrons. The fraction of sp³-hybridized carbons (Fsp3) is 0.364. The summed E-state index contributed by atoms with van der Waals surface area (Å²) >= 11 is 5.92. The van der Waals surface area contributed by atoms with Crippen LogP contribution in [0, 0.1) is 0 Å². The normalized spacial score (nSPS) is 12.2. The van der Waals surface area contributed by atoms with Crippen molar-refractivity contribution in [3.8, 4) is 5.75 Å². The van der Waals surface area contributed by atoms with Crippen molar-refractivity contribution in [2.75, 3.05) is 6.54 Å². The van der Waals surface area contributed by atoms with Gasteiger partial charge in [-0.3, -0.25) is 4.79 Å². The van der Waals surface area contributed by atoms with Gasteiger partial charge in [-0.1, -0.05) is 18.2 Å². The van der Waals surface area contributed by atoms with Crippen LogP contribution >= 0.6 is 18.9 Å².